The lowest BCUT2D eigenvalue weighted by molar-refractivity contribution is -0.143. The van der Waals surface area contributed by atoms with Gasteiger partial charge in [0.15, 0.2) is 0 Å². The lowest BCUT2D eigenvalue weighted by Gasteiger charge is -2.08. The van der Waals surface area contributed by atoms with Crippen LogP contribution in [0.25, 0.3) is 10.6 Å². The highest BCUT2D eigenvalue weighted by Gasteiger charge is 2.54. The smallest absolute Gasteiger partial charge is 0.317 e. The van der Waals surface area contributed by atoms with Gasteiger partial charge in [-0.2, -0.15) is 0 Å². The van der Waals surface area contributed by atoms with Crippen LogP contribution in [0.4, 0.5) is 4.39 Å². The number of esters is 1. The topological polar surface area (TPSA) is 39.2 Å². The number of thiazole rings is 1. The summed E-state index contributed by atoms with van der Waals surface area (Å²) in [7, 11) is 1.41. The van der Waals surface area contributed by atoms with Crippen LogP contribution in [0.1, 0.15) is 17.7 Å². The van der Waals surface area contributed by atoms with Crippen LogP contribution in [0.5, 0.6) is 0 Å². The van der Waals surface area contributed by atoms with E-state index in [1.807, 2.05) is 0 Å². The Morgan fingerprint density at radius 1 is 1.37 bits per heavy atom. The molecular formula is C14H12FNO2S. The van der Waals surface area contributed by atoms with Crippen molar-refractivity contribution in [1.82, 2.24) is 4.98 Å². The molecule has 1 aromatic carbocycles. The van der Waals surface area contributed by atoms with Crippen LogP contribution in [0.3, 0.4) is 0 Å². The standard InChI is InChI=1S/C14H12FNO2S/c1-18-13(17)14(6-7-14)11-8-16-12(19-11)9-2-4-10(15)5-3-9/h2-5,8H,6-7H2,1H3. The number of hydrogen-bond acceptors (Lipinski definition) is 4. The van der Waals surface area contributed by atoms with Crippen molar-refractivity contribution in [2.75, 3.05) is 7.11 Å². The van der Waals surface area contributed by atoms with Crippen molar-refractivity contribution in [2.45, 2.75) is 18.3 Å². The zero-order chi connectivity index (χ0) is 13.5. The van der Waals surface area contributed by atoms with Crippen molar-refractivity contribution in [3.63, 3.8) is 0 Å². The summed E-state index contributed by atoms with van der Waals surface area (Å²) in [5.41, 5.74) is 0.378. The van der Waals surface area contributed by atoms with E-state index >= 15 is 0 Å². The Morgan fingerprint density at radius 3 is 2.63 bits per heavy atom. The Morgan fingerprint density at radius 2 is 2.05 bits per heavy atom. The molecule has 1 aliphatic carbocycles. The van der Waals surface area contributed by atoms with Gasteiger partial charge in [-0.05, 0) is 37.1 Å². The number of nitrogens with zero attached hydrogens (tertiary/aromatic N) is 1. The van der Waals surface area contributed by atoms with Gasteiger partial charge in [-0.15, -0.1) is 11.3 Å². The van der Waals surface area contributed by atoms with E-state index in [0.717, 1.165) is 28.3 Å². The molecular weight excluding hydrogens is 265 g/mol. The molecule has 19 heavy (non-hydrogen) atoms. The molecule has 1 saturated carbocycles. The number of ether oxygens (including phenoxy) is 1. The maximum Gasteiger partial charge on any atom is 0.317 e. The molecule has 2 aromatic rings. The fraction of sp³-hybridized carbons (Fsp3) is 0.286. The fourth-order valence-corrected chi connectivity index (χ4v) is 3.25. The van der Waals surface area contributed by atoms with Crippen LogP contribution in [-0.4, -0.2) is 18.1 Å². The molecule has 0 radical (unpaired) electrons. The first-order valence-electron chi connectivity index (χ1n) is 5.96. The second kappa shape index (κ2) is 4.42. The summed E-state index contributed by atoms with van der Waals surface area (Å²) >= 11 is 1.47. The van der Waals surface area contributed by atoms with Crippen LogP contribution in [0, 0.1) is 5.82 Å². The molecule has 3 rings (SSSR count). The highest BCUT2D eigenvalue weighted by Crippen LogP contribution is 2.51. The monoisotopic (exact) mass is 277 g/mol. The number of carbonyl (C=O) groups excluding carboxylic acids is 1. The number of benzene rings is 1. The minimum absolute atomic E-state index is 0.193. The minimum Gasteiger partial charge on any atom is -0.468 e. The van der Waals surface area contributed by atoms with E-state index in [9.17, 15) is 9.18 Å². The second-order valence-corrected chi connectivity index (χ2v) is 5.64. The van der Waals surface area contributed by atoms with E-state index in [2.05, 4.69) is 4.98 Å². The van der Waals surface area contributed by atoms with Crippen molar-refractivity contribution in [3.05, 3.63) is 41.2 Å². The van der Waals surface area contributed by atoms with Crippen molar-refractivity contribution in [2.24, 2.45) is 0 Å². The Labute approximate surface area is 114 Å². The SMILES string of the molecule is COC(=O)C1(c2cnc(-c3ccc(F)cc3)s2)CC1. The summed E-state index contributed by atoms with van der Waals surface area (Å²) in [5, 5.41) is 0.796. The van der Waals surface area contributed by atoms with Crippen molar-refractivity contribution >= 4 is 17.3 Å². The first-order chi connectivity index (χ1) is 9.15. The zero-order valence-corrected chi connectivity index (χ0v) is 11.2. The van der Waals surface area contributed by atoms with Crippen molar-refractivity contribution in [3.8, 4) is 10.6 Å². The number of hydrogen-bond donors (Lipinski definition) is 0. The van der Waals surface area contributed by atoms with Crippen molar-refractivity contribution in [1.29, 1.82) is 0 Å². The van der Waals surface area contributed by atoms with Crippen LogP contribution in [0.2, 0.25) is 0 Å². The maximum absolute atomic E-state index is 12.9. The summed E-state index contributed by atoms with van der Waals surface area (Å²) in [6.45, 7) is 0. The third-order valence-electron chi connectivity index (χ3n) is 3.39. The molecule has 0 unspecified atom stereocenters. The summed E-state index contributed by atoms with van der Waals surface area (Å²) < 4.78 is 17.7. The van der Waals surface area contributed by atoms with Crippen LogP contribution in [0.15, 0.2) is 30.5 Å². The van der Waals surface area contributed by atoms with Crippen LogP contribution >= 0.6 is 11.3 Å². The predicted molar refractivity (Wildman–Crippen MR) is 70.4 cm³/mol. The Kier molecular flexibility index (Phi) is 2.86. The van der Waals surface area contributed by atoms with E-state index in [4.69, 9.17) is 4.74 Å². The Hall–Kier alpha value is -1.75. The van der Waals surface area contributed by atoms with E-state index in [1.54, 1.807) is 18.3 Å². The molecule has 0 atom stereocenters. The molecule has 1 aliphatic rings. The van der Waals surface area contributed by atoms with E-state index in [1.165, 1.54) is 30.6 Å². The van der Waals surface area contributed by atoms with Gasteiger partial charge in [0.05, 0.1) is 7.11 Å². The zero-order valence-electron chi connectivity index (χ0n) is 10.4. The molecule has 0 bridgehead atoms. The average Bonchev–Trinajstić information content (AvgIpc) is 3.10. The summed E-state index contributed by atoms with van der Waals surface area (Å²) in [6.07, 6.45) is 3.35. The number of methoxy groups -OCH3 is 1. The molecule has 5 heteroatoms. The molecule has 0 spiro atoms. The Balaban J connectivity index is 1.92. The van der Waals surface area contributed by atoms with Crippen LogP contribution in [-0.2, 0) is 14.9 Å². The number of carbonyl (C=O) groups is 1. The van der Waals surface area contributed by atoms with Gasteiger partial charge in [-0.3, -0.25) is 4.79 Å². The highest BCUT2D eigenvalue weighted by atomic mass is 32.1. The van der Waals surface area contributed by atoms with Gasteiger partial charge in [0.2, 0.25) is 0 Å². The molecule has 0 amide bonds. The number of rotatable bonds is 3. The first-order valence-corrected chi connectivity index (χ1v) is 6.78. The average molecular weight is 277 g/mol. The summed E-state index contributed by atoms with van der Waals surface area (Å²) in [5.74, 6) is -0.462. The normalized spacial score (nSPS) is 16.1. The molecule has 1 aromatic heterocycles. The van der Waals surface area contributed by atoms with Gasteiger partial charge in [-0.25, -0.2) is 9.37 Å². The van der Waals surface area contributed by atoms with E-state index in [0.29, 0.717) is 0 Å². The van der Waals surface area contributed by atoms with Gasteiger partial charge in [-0.1, -0.05) is 0 Å². The number of aromatic nitrogens is 1. The summed E-state index contributed by atoms with van der Waals surface area (Å²) in [4.78, 5) is 17.1. The van der Waals surface area contributed by atoms with Crippen molar-refractivity contribution < 1.29 is 13.9 Å². The second-order valence-electron chi connectivity index (χ2n) is 4.61. The molecule has 98 valence electrons. The van der Waals surface area contributed by atoms with Crippen LogP contribution < -0.4 is 0 Å². The molecule has 0 saturated heterocycles. The molecule has 3 nitrogen and oxygen atoms in total. The molecule has 1 fully saturated rings. The highest BCUT2D eigenvalue weighted by molar-refractivity contribution is 7.15. The number of halogens is 1. The maximum atomic E-state index is 12.9. The lowest BCUT2D eigenvalue weighted by atomic mass is 10.1. The molecule has 1 heterocycles. The molecule has 0 aliphatic heterocycles. The minimum atomic E-state index is -0.481. The third kappa shape index (κ3) is 2.04. The van der Waals surface area contributed by atoms with Gasteiger partial charge in [0.1, 0.15) is 16.2 Å². The first kappa shape index (κ1) is 12.3. The quantitative estimate of drug-likeness (QED) is 0.809. The lowest BCUT2D eigenvalue weighted by Crippen LogP contribution is -2.20. The Bertz CT molecular complexity index is 617. The van der Waals surface area contributed by atoms with Gasteiger partial charge >= 0.3 is 5.97 Å². The van der Waals surface area contributed by atoms with E-state index in [-0.39, 0.29) is 11.8 Å². The third-order valence-corrected chi connectivity index (χ3v) is 4.65. The summed E-state index contributed by atoms with van der Waals surface area (Å²) in [6, 6.07) is 6.19. The predicted octanol–water partition coefficient (Wildman–Crippen LogP) is 3.15. The van der Waals surface area contributed by atoms with Gasteiger partial charge < -0.3 is 4.74 Å². The van der Waals surface area contributed by atoms with Gasteiger partial charge in [0, 0.05) is 16.6 Å². The molecule has 0 N–H and O–H groups in total. The fourth-order valence-electron chi connectivity index (χ4n) is 2.09. The van der Waals surface area contributed by atoms with Gasteiger partial charge in [0.25, 0.3) is 0 Å². The largest absolute Gasteiger partial charge is 0.468 e. The van der Waals surface area contributed by atoms with E-state index < -0.39 is 5.41 Å².